The van der Waals surface area contributed by atoms with E-state index in [4.69, 9.17) is 0 Å². The van der Waals surface area contributed by atoms with Crippen LogP contribution in [0.1, 0.15) is 12.8 Å². The van der Waals surface area contributed by atoms with Crippen LogP contribution in [0, 0.1) is 3.70 Å². The van der Waals surface area contributed by atoms with E-state index in [1.807, 2.05) is 10.7 Å². The minimum Gasteiger partial charge on any atom is -0.347 e. The summed E-state index contributed by atoms with van der Waals surface area (Å²) in [6, 6.07) is 0.712. The maximum absolute atomic E-state index is 4.52. The molecule has 1 aliphatic carbocycles. The van der Waals surface area contributed by atoms with Crippen molar-refractivity contribution >= 4 is 44.0 Å². The van der Waals surface area contributed by atoms with Crippen LogP contribution < -0.4 is 4.90 Å². The third-order valence-electron chi connectivity index (χ3n) is 2.43. The van der Waals surface area contributed by atoms with Gasteiger partial charge in [-0.2, -0.15) is 4.52 Å². The molecule has 0 saturated heterocycles. The lowest BCUT2D eigenvalue weighted by Crippen LogP contribution is -2.19. The van der Waals surface area contributed by atoms with Crippen molar-refractivity contribution in [3.8, 4) is 0 Å². The molecule has 3 rings (SSSR count). The van der Waals surface area contributed by atoms with Gasteiger partial charge in [0, 0.05) is 13.1 Å². The van der Waals surface area contributed by atoms with E-state index in [0.717, 1.165) is 13.8 Å². The Morgan fingerprint density at radius 2 is 2.43 bits per heavy atom. The maximum Gasteiger partial charge on any atom is 0.214 e. The normalized spacial score (nSPS) is 16.4. The molecule has 0 amide bonds. The summed E-state index contributed by atoms with van der Waals surface area (Å²) in [4.78, 5) is 7.53. The Morgan fingerprint density at radius 1 is 1.64 bits per heavy atom. The molecular weight excluding hydrogens is 311 g/mol. The van der Waals surface area contributed by atoms with Crippen LogP contribution >= 0.6 is 33.9 Å². The van der Waals surface area contributed by atoms with Crippen molar-refractivity contribution in [2.45, 2.75) is 18.9 Å². The summed E-state index contributed by atoms with van der Waals surface area (Å²) in [6.45, 7) is 0. The molecule has 0 aliphatic heterocycles. The molecule has 1 aliphatic rings. The van der Waals surface area contributed by atoms with Gasteiger partial charge in [-0.05, 0) is 35.4 Å². The molecule has 2 heterocycles. The van der Waals surface area contributed by atoms with Gasteiger partial charge >= 0.3 is 0 Å². The Hall–Kier alpha value is -0.370. The van der Waals surface area contributed by atoms with E-state index in [1.165, 1.54) is 12.8 Å². The SMILES string of the molecule is CN(c1nn2c(I)cnc2s1)C1CC1. The van der Waals surface area contributed by atoms with Gasteiger partial charge in [0.2, 0.25) is 10.1 Å². The summed E-state index contributed by atoms with van der Waals surface area (Å²) in [7, 11) is 2.11. The Labute approximate surface area is 99.1 Å². The molecule has 2 aromatic rings. The molecule has 0 N–H and O–H groups in total. The molecule has 1 fully saturated rings. The van der Waals surface area contributed by atoms with Crippen molar-refractivity contribution in [2.24, 2.45) is 0 Å². The average Bonchev–Trinajstić information content (AvgIpc) is 2.84. The van der Waals surface area contributed by atoms with Crippen LogP contribution in [0.2, 0.25) is 0 Å². The predicted octanol–water partition coefficient (Wildman–Crippen LogP) is 1.99. The van der Waals surface area contributed by atoms with Crippen LogP contribution in [0.15, 0.2) is 6.20 Å². The van der Waals surface area contributed by atoms with E-state index in [-0.39, 0.29) is 0 Å². The van der Waals surface area contributed by atoms with Crippen molar-refractivity contribution in [3.63, 3.8) is 0 Å². The summed E-state index contributed by atoms with van der Waals surface area (Å²) in [5.74, 6) is 0. The first kappa shape index (κ1) is 8.90. The van der Waals surface area contributed by atoms with Gasteiger partial charge in [0.25, 0.3) is 0 Å². The lowest BCUT2D eigenvalue weighted by atomic mass is 10.6. The van der Waals surface area contributed by atoms with Crippen molar-refractivity contribution < 1.29 is 0 Å². The Balaban J connectivity index is 2.04. The van der Waals surface area contributed by atoms with Crippen molar-refractivity contribution in [1.29, 1.82) is 0 Å². The van der Waals surface area contributed by atoms with Gasteiger partial charge < -0.3 is 4.90 Å². The van der Waals surface area contributed by atoms with Crippen molar-refractivity contribution in [1.82, 2.24) is 14.6 Å². The maximum atomic E-state index is 4.52. The molecule has 2 aromatic heterocycles. The number of imidazole rings is 1. The van der Waals surface area contributed by atoms with Crippen LogP contribution in [0.3, 0.4) is 0 Å². The lowest BCUT2D eigenvalue weighted by molar-refractivity contribution is 0.858. The van der Waals surface area contributed by atoms with E-state index in [0.29, 0.717) is 6.04 Å². The Bertz CT molecular complexity index is 473. The summed E-state index contributed by atoms with van der Waals surface area (Å²) >= 11 is 3.91. The smallest absolute Gasteiger partial charge is 0.214 e. The summed E-state index contributed by atoms with van der Waals surface area (Å²) in [6.07, 6.45) is 4.45. The number of aromatic nitrogens is 3. The van der Waals surface area contributed by atoms with E-state index in [9.17, 15) is 0 Å². The van der Waals surface area contributed by atoms with Crippen LogP contribution in [0.4, 0.5) is 5.13 Å². The predicted molar refractivity (Wildman–Crippen MR) is 65.0 cm³/mol. The van der Waals surface area contributed by atoms with E-state index in [2.05, 4.69) is 44.6 Å². The van der Waals surface area contributed by atoms with Crippen LogP contribution in [0.5, 0.6) is 0 Å². The second kappa shape index (κ2) is 3.06. The number of anilines is 1. The first-order chi connectivity index (χ1) is 6.75. The monoisotopic (exact) mass is 320 g/mol. The fraction of sp³-hybridized carbons (Fsp3) is 0.500. The Kier molecular flexibility index (Phi) is 1.94. The van der Waals surface area contributed by atoms with Gasteiger partial charge in [-0.25, -0.2) is 4.98 Å². The van der Waals surface area contributed by atoms with Crippen LogP contribution in [0.25, 0.3) is 4.96 Å². The van der Waals surface area contributed by atoms with Gasteiger partial charge in [-0.3, -0.25) is 0 Å². The summed E-state index contributed by atoms with van der Waals surface area (Å²) < 4.78 is 2.98. The molecule has 4 nitrogen and oxygen atoms in total. The van der Waals surface area contributed by atoms with E-state index >= 15 is 0 Å². The molecule has 6 heteroatoms. The lowest BCUT2D eigenvalue weighted by Gasteiger charge is -2.12. The quantitative estimate of drug-likeness (QED) is 0.794. The second-order valence-corrected chi connectivity index (χ2v) is 5.54. The molecule has 0 spiro atoms. The topological polar surface area (TPSA) is 33.4 Å². The molecule has 0 bridgehead atoms. The third-order valence-corrected chi connectivity index (χ3v) is 4.18. The molecule has 1 saturated carbocycles. The highest BCUT2D eigenvalue weighted by molar-refractivity contribution is 14.1. The summed E-state index contributed by atoms with van der Waals surface area (Å²) in [5.41, 5.74) is 0. The fourth-order valence-corrected chi connectivity index (χ4v) is 2.97. The standard InChI is InChI=1S/C8H9IN4S/c1-12(5-2-3-5)8-11-13-6(9)4-10-7(13)14-8/h4-5H,2-3H2,1H3. The average molecular weight is 320 g/mol. The molecule has 0 aromatic carbocycles. The number of nitrogens with zero attached hydrogens (tertiary/aromatic N) is 4. The number of rotatable bonds is 2. The Morgan fingerprint density at radius 3 is 3.07 bits per heavy atom. The van der Waals surface area contributed by atoms with Crippen LogP contribution in [-0.4, -0.2) is 27.7 Å². The molecule has 0 unspecified atom stereocenters. The van der Waals surface area contributed by atoms with Gasteiger partial charge in [0.05, 0.1) is 6.20 Å². The van der Waals surface area contributed by atoms with E-state index < -0.39 is 0 Å². The molecule has 74 valence electrons. The first-order valence-corrected chi connectivity index (χ1v) is 6.38. The molecule has 14 heavy (non-hydrogen) atoms. The first-order valence-electron chi connectivity index (χ1n) is 4.48. The van der Waals surface area contributed by atoms with Gasteiger partial charge in [0.1, 0.15) is 3.70 Å². The van der Waals surface area contributed by atoms with Crippen LogP contribution in [-0.2, 0) is 0 Å². The largest absolute Gasteiger partial charge is 0.347 e. The molecule has 0 radical (unpaired) electrons. The number of fused-ring (bicyclic) bond motifs is 1. The third kappa shape index (κ3) is 1.31. The summed E-state index contributed by atoms with van der Waals surface area (Å²) in [5, 5.41) is 5.60. The molecule has 0 atom stereocenters. The zero-order valence-electron chi connectivity index (χ0n) is 7.64. The van der Waals surface area contributed by atoms with E-state index in [1.54, 1.807) is 11.3 Å². The zero-order chi connectivity index (χ0) is 9.71. The van der Waals surface area contributed by atoms with Gasteiger partial charge in [-0.15, -0.1) is 5.10 Å². The van der Waals surface area contributed by atoms with Gasteiger partial charge in [0.15, 0.2) is 0 Å². The highest BCUT2D eigenvalue weighted by atomic mass is 127. The minimum absolute atomic E-state index is 0.712. The highest BCUT2D eigenvalue weighted by Gasteiger charge is 2.28. The number of hydrogen-bond donors (Lipinski definition) is 0. The highest BCUT2D eigenvalue weighted by Crippen LogP contribution is 2.32. The molecular formula is C8H9IN4S. The zero-order valence-corrected chi connectivity index (χ0v) is 10.6. The minimum atomic E-state index is 0.712. The van der Waals surface area contributed by atoms with Crippen molar-refractivity contribution in [3.05, 3.63) is 9.90 Å². The number of halogens is 1. The number of hydrogen-bond acceptors (Lipinski definition) is 4. The second-order valence-electron chi connectivity index (χ2n) is 3.50. The van der Waals surface area contributed by atoms with Gasteiger partial charge in [-0.1, -0.05) is 11.3 Å². The van der Waals surface area contributed by atoms with Crippen molar-refractivity contribution in [2.75, 3.05) is 11.9 Å². The fourth-order valence-electron chi connectivity index (χ4n) is 1.42.